The average molecular weight is 579 g/mol. The predicted octanol–water partition coefficient (Wildman–Crippen LogP) is 6.57. The minimum atomic E-state index is -0.510. The zero-order valence-electron chi connectivity index (χ0n) is 23.5. The van der Waals surface area contributed by atoms with Gasteiger partial charge in [-0.1, -0.05) is 54.1 Å². The standard InChI is InChI=1S/C31H35ClN4O5/c1-4-40-29(37)19-28(33)35-36-34-17-16-26-23-11-8-6-5-7-10-21(23)22-15-14-20(32)18-25(22)30(41-26)24-12-9-13-27(38-2)31(24)39-3/h7-15,18,26,30H,4-6,16-17,19H2,1-3H3,(H2,33,34,35). The summed E-state index contributed by atoms with van der Waals surface area (Å²) in [5.41, 5.74) is 10.7. The number of fused-ring (bicyclic) bond motifs is 2. The maximum atomic E-state index is 11.6. The van der Waals surface area contributed by atoms with E-state index in [2.05, 4.69) is 39.7 Å². The Morgan fingerprint density at radius 1 is 1.10 bits per heavy atom. The lowest BCUT2D eigenvalue weighted by Gasteiger charge is -2.26. The summed E-state index contributed by atoms with van der Waals surface area (Å²) in [6.45, 7) is 2.31. The lowest BCUT2D eigenvalue weighted by Crippen LogP contribution is -2.20. The molecule has 0 bridgehead atoms. The van der Waals surface area contributed by atoms with Crippen LogP contribution in [-0.2, 0) is 14.3 Å². The van der Waals surface area contributed by atoms with E-state index in [4.69, 9.17) is 36.3 Å². The Labute approximate surface area is 245 Å². The molecule has 0 saturated carbocycles. The number of ether oxygens (including phenoxy) is 4. The van der Waals surface area contributed by atoms with Crippen LogP contribution in [0.4, 0.5) is 0 Å². The summed E-state index contributed by atoms with van der Waals surface area (Å²) in [6.07, 6.45) is 10.0. The molecule has 1 aliphatic carbocycles. The van der Waals surface area contributed by atoms with Gasteiger partial charge in [0.1, 0.15) is 18.4 Å². The fraction of sp³-hybridized carbons (Fsp3) is 0.355. The first-order chi connectivity index (χ1) is 20.0. The molecule has 2 aromatic rings. The molecule has 0 radical (unpaired) electrons. The van der Waals surface area contributed by atoms with Crippen LogP contribution in [0.25, 0.3) is 5.57 Å². The van der Waals surface area contributed by atoms with Crippen LogP contribution in [0.2, 0.25) is 5.02 Å². The second kappa shape index (κ2) is 14.6. The molecule has 1 heterocycles. The fourth-order valence-corrected chi connectivity index (χ4v) is 5.09. The number of nitrogens with zero attached hydrogens (tertiary/aromatic N) is 3. The van der Waals surface area contributed by atoms with E-state index in [-0.39, 0.29) is 25.0 Å². The minimum absolute atomic E-state index is 0.0357. The summed E-state index contributed by atoms with van der Waals surface area (Å²) >= 11 is 6.54. The van der Waals surface area contributed by atoms with Crippen LogP contribution in [0, 0.1) is 0 Å². The lowest BCUT2D eigenvalue weighted by atomic mass is 9.89. The number of carbonyl (C=O) groups excluding carboxylic acids is 1. The van der Waals surface area contributed by atoms with E-state index in [0.717, 1.165) is 40.7 Å². The van der Waals surface area contributed by atoms with E-state index >= 15 is 0 Å². The monoisotopic (exact) mass is 578 g/mol. The molecule has 0 fully saturated rings. The smallest absolute Gasteiger partial charge is 0.313 e. The summed E-state index contributed by atoms with van der Waals surface area (Å²) in [7, 11) is 3.23. The van der Waals surface area contributed by atoms with Crippen molar-refractivity contribution in [1.29, 1.82) is 0 Å². The van der Waals surface area contributed by atoms with Gasteiger partial charge in [0.15, 0.2) is 11.5 Å². The minimum Gasteiger partial charge on any atom is -0.493 e. The van der Waals surface area contributed by atoms with Crippen molar-refractivity contribution in [2.75, 3.05) is 27.4 Å². The van der Waals surface area contributed by atoms with Crippen LogP contribution in [0.15, 0.2) is 81.7 Å². The Morgan fingerprint density at radius 3 is 2.66 bits per heavy atom. The number of halogens is 1. The van der Waals surface area contributed by atoms with Crippen LogP contribution in [0.5, 0.6) is 11.5 Å². The summed E-state index contributed by atoms with van der Waals surface area (Å²) in [4.78, 5) is 11.6. The molecule has 0 aromatic heterocycles. The molecular formula is C31H35ClN4O5. The number of esters is 1. The normalized spacial score (nSPS) is 18.8. The Hall–Kier alpha value is -3.95. The van der Waals surface area contributed by atoms with Gasteiger partial charge in [-0.25, -0.2) is 0 Å². The van der Waals surface area contributed by atoms with Crippen LogP contribution in [0.3, 0.4) is 0 Å². The van der Waals surface area contributed by atoms with Gasteiger partial charge in [0.2, 0.25) is 0 Å². The van der Waals surface area contributed by atoms with Gasteiger partial charge in [-0.15, -0.1) is 5.10 Å². The quantitative estimate of drug-likeness (QED) is 0.112. The van der Waals surface area contributed by atoms with Gasteiger partial charge >= 0.3 is 5.97 Å². The molecule has 0 saturated heterocycles. The Morgan fingerprint density at radius 2 is 1.90 bits per heavy atom. The molecule has 0 amide bonds. The Bertz CT molecular complexity index is 1400. The first-order valence-corrected chi connectivity index (χ1v) is 13.9. The molecule has 2 N–H and O–H groups in total. The molecule has 2 aliphatic rings. The number of hydrogen-bond acceptors (Lipinski definition) is 7. The molecule has 4 rings (SSSR count). The zero-order chi connectivity index (χ0) is 29.2. The van der Waals surface area contributed by atoms with Gasteiger partial charge in [0, 0.05) is 10.6 Å². The molecule has 0 spiro atoms. The van der Waals surface area contributed by atoms with Crippen molar-refractivity contribution in [1.82, 2.24) is 0 Å². The number of carbonyl (C=O) groups is 1. The number of allylic oxidation sites excluding steroid dienone is 4. The molecule has 2 atom stereocenters. The second-order valence-corrected chi connectivity index (χ2v) is 9.82. The summed E-state index contributed by atoms with van der Waals surface area (Å²) in [5, 5.41) is 12.5. The van der Waals surface area contributed by atoms with E-state index < -0.39 is 12.1 Å². The van der Waals surface area contributed by atoms with Gasteiger partial charge in [-0.3, -0.25) is 4.79 Å². The van der Waals surface area contributed by atoms with E-state index in [1.165, 1.54) is 0 Å². The molecule has 41 heavy (non-hydrogen) atoms. The summed E-state index contributed by atoms with van der Waals surface area (Å²) in [6, 6.07) is 11.6. The lowest BCUT2D eigenvalue weighted by molar-refractivity contribution is -0.141. The highest BCUT2D eigenvalue weighted by Gasteiger charge is 2.33. The maximum absolute atomic E-state index is 11.6. The van der Waals surface area contributed by atoms with Crippen molar-refractivity contribution in [3.63, 3.8) is 0 Å². The van der Waals surface area contributed by atoms with Crippen LogP contribution in [-0.4, -0.2) is 45.3 Å². The van der Waals surface area contributed by atoms with Crippen LogP contribution in [0.1, 0.15) is 55.4 Å². The number of rotatable bonds is 10. The fourth-order valence-electron chi connectivity index (χ4n) is 4.91. The molecule has 10 heteroatoms. The van der Waals surface area contributed by atoms with Gasteiger partial charge < -0.3 is 24.7 Å². The van der Waals surface area contributed by atoms with Crippen molar-refractivity contribution in [2.24, 2.45) is 21.2 Å². The first-order valence-electron chi connectivity index (χ1n) is 13.5. The highest BCUT2D eigenvalue weighted by molar-refractivity contribution is 6.30. The van der Waals surface area contributed by atoms with Gasteiger partial charge in [0.05, 0.1) is 33.5 Å². The third kappa shape index (κ3) is 7.42. The Balaban J connectivity index is 1.72. The number of benzene rings is 2. The highest BCUT2D eigenvalue weighted by Crippen LogP contribution is 2.46. The van der Waals surface area contributed by atoms with Crippen LogP contribution < -0.4 is 15.2 Å². The van der Waals surface area contributed by atoms with Crippen molar-refractivity contribution < 1.29 is 23.7 Å². The third-order valence-electron chi connectivity index (χ3n) is 6.70. The summed E-state index contributed by atoms with van der Waals surface area (Å²) < 4.78 is 23.2. The second-order valence-electron chi connectivity index (χ2n) is 9.39. The van der Waals surface area contributed by atoms with Gasteiger partial charge in [0.25, 0.3) is 0 Å². The van der Waals surface area contributed by atoms with Crippen molar-refractivity contribution >= 4 is 29.0 Å². The van der Waals surface area contributed by atoms with E-state index in [1.54, 1.807) is 21.1 Å². The van der Waals surface area contributed by atoms with Crippen LogP contribution >= 0.6 is 11.6 Å². The van der Waals surface area contributed by atoms with E-state index in [1.807, 2.05) is 36.4 Å². The molecule has 9 nitrogen and oxygen atoms in total. The predicted molar refractivity (Wildman–Crippen MR) is 159 cm³/mol. The first kappa shape index (κ1) is 30.0. The topological polar surface area (TPSA) is 117 Å². The number of amidine groups is 1. The van der Waals surface area contributed by atoms with E-state index in [0.29, 0.717) is 29.5 Å². The number of methoxy groups -OCH3 is 2. The van der Waals surface area contributed by atoms with Crippen molar-refractivity contribution in [2.45, 2.75) is 44.8 Å². The van der Waals surface area contributed by atoms with E-state index in [9.17, 15) is 4.79 Å². The van der Waals surface area contributed by atoms with Gasteiger partial charge in [-0.2, -0.15) is 5.11 Å². The molecule has 216 valence electrons. The molecule has 2 aromatic carbocycles. The average Bonchev–Trinajstić information content (AvgIpc) is 3.06. The highest BCUT2D eigenvalue weighted by atomic mass is 35.5. The molecule has 2 unspecified atom stereocenters. The third-order valence-corrected chi connectivity index (χ3v) is 6.94. The SMILES string of the molecule is CCOC(=O)CC(N)=NN=NCCC1OC(c2cccc(OC)c2OC)c2cc(Cl)ccc2C2=C1C=CCCC=C2. The zero-order valence-corrected chi connectivity index (χ0v) is 24.3. The number of para-hydroxylation sites is 1. The number of nitrogens with two attached hydrogens (primary N) is 1. The summed E-state index contributed by atoms with van der Waals surface area (Å²) in [5.74, 6) is 0.777. The molecule has 1 aliphatic heterocycles. The van der Waals surface area contributed by atoms with Crippen molar-refractivity contribution in [3.05, 3.63) is 88.0 Å². The Kier molecular flexibility index (Phi) is 10.7. The largest absolute Gasteiger partial charge is 0.493 e. The molecular weight excluding hydrogens is 544 g/mol. The van der Waals surface area contributed by atoms with Gasteiger partial charge in [-0.05, 0) is 71.9 Å². The maximum Gasteiger partial charge on any atom is 0.313 e. The number of hydrogen-bond donors (Lipinski definition) is 1. The van der Waals surface area contributed by atoms with Crippen molar-refractivity contribution in [3.8, 4) is 11.5 Å².